The van der Waals surface area contributed by atoms with Gasteiger partial charge in [-0.25, -0.2) is 0 Å². The summed E-state index contributed by atoms with van der Waals surface area (Å²) in [6, 6.07) is 6.29. The summed E-state index contributed by atoms with van der Waals surface area (Å²) in [6.45, 7) is 3.91. The van der Waals surface area contributed by atoms with E-state index in [1.54, 1.807) is 0 Å². The van der Waals surface area contributed by atoms with Crippen LogP contribution in [-0.2, 0) is 17.8 Å². The summed E-state index contributed by atoms with van der Waals surface area (Å²) >= 11 is 0. The molecule has 0 amide bonds. The Bertz CT molecular complexity index is 338. The molecule has 1 unspecified atom stereocenters. The standard InChI is InChI=1S/C12H17NO2/c1-9(6-13)4-10-2-3-12-11(5-10)7-14-8-15-12/h2-3,5,9H,4,6-8,13H2,1H3. The fraction of sp³-hybridized carbons (Fsp3) is 0.500. The summed E-state index contributed by atoms with van der Waals surface area (Å²) in [7, 11) is 0. The van der Waals surface area contributed by atoms with Crippen molar-refractivity contribution in [2.45, 2.75) is 20.0 Å². The Hall–Kier alpha value is -1.06. The van der Waals surface area contributed by atoms with E-state index in [0.29, 0.717) is 19.3 Å². The van der Waals surface area contributed by atoms with Gasteiger partial charge in [-0.2, -0.15) is 0 Å². The topological polar surface area (TPSA) is 44.5 Å². The predicted molar refractivity (Wildman–Crippen MR) is 58.6 cm³/mol. The highest BCUT2D eigenvalue weighted by atomic mass is 16.7. The van der Waals surface area contributed by atoms with Crippen LogP contribution in [0.1, 0.15) is 18.1 Å². The largest absolute Gasteiger partial charge is 0.467 e. The summed E-state index contributed by atoms with van der Waals surface area (Å²) in [5.41, 5.74) is 8.06. The van der Waals surface area contributed by atoms with E-state index in [-0.39, 0.29) is 0 Å². The Morgan fingerprint density at radius 1 is 1.47 bits per heavy atom. The maximum atomic E-state index is 5.61. The number of hydrogen-bond acceptors (Lipinski definition) is 3. The smallest absolute Gasteiger partial charge is 0.189 e. The van der Waals surface area contributed by atoms with Crippen LogP contribution >= 0.6 is 0 Å². The van der Waals surface area contributed by atoms with Crippen molar-refractivity contribution < 1.29 is 9.47 Å². The van der Waals surface area contributed by atoms with Crippen LogP contribution in [0.25, 0.3) is 0 Å². The van der Waals surface area contributed by atoms with Crippen molar-refractivity contribution in [1.29, 1.82) is 0 Å². The molecule has 3 heteroatoms. The number of benzene rings is 1. The van der Waals surface area contributed by atoms with E-state index in [2.05, 4.69) is 19.1 Å². The van der Waals surface area contributed by atoms with Gasteiger partial charge in [0.05, 0.1) is 6.61 Å². The van der Waals surface area contributed by atoms with Crippen molar-refractivity contribution in [3.8, 4) is 5.75 Å². The molecule has 0 fully saturated rings. The van der Waals surface area contributed by atoms with Gasteiger partial charge >= 0.3 is 0 Å². The van der Waals surface area contributed by atoms with Crippen LogP contribution in [0.2, 0.25) is 0 Å². The highest BCUT2D eigenvalue weighted by molar-refractivity contribution is 5.37. The van der Waals surface area contributed by atoms with E-state index in [1.807, 2.05) is 6.07 Å². The van der Waals surface area contributed by atoms with Gasteiger partial charge in [-0.05, 0) is 36.6 Å². The summed E-state index contributed by atoms with van der Waals surface area (Å²) in [5.74, 6) is 1.47. The van der Waals surface area contributed by atoms with Gasteiger partial charge in [0.25, 0.3) is 0 Å². The molecule has 0 aromatic heterocycles. The Morgan fingerprint density at radius 2 is 2.33 bits per heavy atom. The van der Waals surface area contributed by atoms with Crippen LogP contribution in [0.4, 0.5) is 0 Å². The SMILES string of the molecule is CC(CN)Cc1ccc2c(c1)COCO2. The third-order valence-electron chi connectivity index (χ3n) is 2.67. The number of rotatable bonds is 3. The lowest BCUT2D eigenvalue weighted by atomic mass is 9.99. The van der Waals surface area contributed by atoms with E-state index in [0.717, 1.165) is 24.3 Å². The third-order valence-corrected chi connectivity index (χ3v) is 2.67. The van der Waals surface area contributed by atoms with Gasteiger partial charge < -0.3 is 15.2 Å². The van der Waals surface area contributed by atoms with E-state index < -0.39 is 0 Å². The molecule has 1 heterocycles. The molecule has 82 valence electrons. The fourth-order valence-electron chi connectivity index (χ4n) is 1.76. The molecule has 2 rings (SSSR count). The van der Waals surface area contributed by atoms with Crippen molar-refractivity contribution in [1.82, 2.24) is 0 Å². The van der Waals surface area contributed by atoms with Gasteiger partial charge in [-0.1, -0.05) is 13.0 Å². The van der Waals surface area contributed by atoms with E-state index in [9.17, 15) is 0 Å². The molecule has 1 aliphatic heterocycles. The number of ether oxygens (including phenoxy) is 2. The fourth-order valence-corrected chi connectivity index (χ4v) is 1.76. The normalized spacial score (nSPS) is 16.7. The second kappa shape index (κ2) is 4.64. The maximum absolute atomic E-state index is 5.61. The Morgan fingerprint density at radius 3 is 3.13 bits per heavy atom. The monoisotopic (exact) mass is 207 g/mol. The average molecular weight is 207 g/mol. The zero-order valence-electron chi connectivity index (χ0n) is 9.03. The number of fused-ring (bicyclic) bond motifs is 1. The summed E-state index contributed by atoms with van der Waals surface area (Å²) < 4.78 is 10.6. The van der Waals surface area contributed by atoms with Crippen LogP contribution < -0.4 is 10.5 Å². The zero-order valence-corrected chi connectivity index (χ0v) is 9.03. The van der Waals surface area contributed by atoms with E-state index in [4.69, 9.17) is 15.2 Å². The quantitative estimate of drug-likeness (QED) is 0.820. The molecular formula is C12H17NO2. The van der Waals surface area contributed by atoms with Crippen LogP contribution in [0.15, 0.2) is 18.2 Å². The molecule has 1 aromatic rings. The van der Waals surface area contributed by atoms with Crippen molar-refractivity contribution in [2.75, 3.05) is 13.3 Å². The minimum atomic E-state index is 0.367. The van der Waals surface area contributed by atoms with Crippen LogP contribution in [-0.4, -0.2) is 13.3 Å². The van der Waals surface area contributed by atoms with Crippen LogP contribution in [0.3, 0.4) is 0 Å². The highest BCUT2D eigenvalue weighted by Crippen LogP contribution is 2.25. The molecular weight excluding hydrogens is 190 g/mol. The van der Waals surface area contributed by atoms with Gasteiger partial charge in [-0.15, -0.1) is 0 Å². The Labute approximate surface area is 90.2 Å². The Kier molecular flexibility index (Phi) is 3.23. The first-order valence-electron chi connectivity index (χ1n) is 5.32. The average Bonchev–Trinajstić information content (AvgIpc) is 2.29. The lowest BCUT2D eigenvalue weighted by molar-refractivity contribution is -0.0164. The molecule has 0 radical (unpaired) electrons. The molecule has 1 atom stereocenters. The molecule has 0 spiro atoms. The summed E-state index contributed by atoms with van der Waals surface area (Å²) in [6.07, 6.45) is 1.02. The van der Waals surface area contributed by atoms with Crippen LogP contribution in [0, 0.1) is 5.92 Å². The van der Waals surface area contributed by atoms with Gasteiger partial charge in [0.2, 0.25) is 0 Å². The second-order valence-electron chi connectivity index (χ2n) is 4.10. The second-order valence-corrected chi connectivity index (χ2v) is 4.10. The number of nitrogens with two attached hydrogens (primary N) is 1. The van der Waals surface area contributed by atoms with E-state index in [1.165, 1.54) is 5.56 Å². The highest BCUT2D eigenvalue weighted by Gasteiger charge is 2.11. The van der Waals surface area contributed by atoms with Crippen molar-refractivity contribution in [2.24, 2.45) is 11.7 Å². The number of hydrogen-bond donors (Lipinski definition) is 1. The molecule has 0 saturated carbocycles. The molecule has 0 aliphatic carbocycles. The van der Waals surface area contributed by atoms with Crippen molar-refractivity contribution >= 4 is 0 Å². The minimum absolute atomic E-state index is 0.367. The lowest BCUT2D eigenvalue weighted by Crippen LogP contribution is -2.14. The van der Waals surface area contributed by atoms with Gasteiger partial charge in [0.1, 0.15) is 5.75 Å². The molecule has 3 nitrogen and oxygen atoms in total. The predicted octanol–water partition coefficient (Wildman–Crippen LogP) is 1.69. The Balaban J connectivity index is 2.13. The molecule has 1 aromatic carbocycles. The summed E-state index contributed by atoms with van der Waals surface area (Å²) in [4.78, 5) is 0. The first-order chi connectivity index (χ1) is 7.29. The van der Waals surface area contributed by atoms with Crippen molar-refractivity contribution in [3.05, 3.63) is 29.3 Å². The maximum Gasteiger partial charge on any atom is 0.189 e. The van der Waals surface area contributed by atoms with E-state index >= 15 is 0 Å². The minimum Gasteiger partial charge on any atom is -0.467 e. The molecule has 0 bridgehead atoms. The lowest BCUT2D eigenvalue weighted by Gasteiger charge is -2.18. The first kappa shape index (κ1) is 10.5. The molecule has 2 N–H and O–H groups in total. The zero-order chi connectivity index (χ0) is 10.7. The van der Waals surface area contributed by atoms with Gasteiger partial charge in [-0.3, -0.25) is 0 Å². The third kappa shape index (κ3) is 2.49. The van der Waals surface area contributed by atoms with Gasteiger partial charge in [0, 0.05) is 5.56 Å². The van der Waals surface area contributed by atoms with Gasteiger partial charge in [0.15, 0.2) is 6.79 Å². The van der Waals surface area contributed by atoms with Crippen molar-refractivity contribution in [3.63, 3.8) is 0 Å². The molecule has 0 saturated heterocycles. The van der Waals surface area contributed by atoms with Crippen LogP contribution in [0.5, 0.6) is 5.75 Å². The summed E-state index contributed by atoms with van der Waals surface area (Å²) in [5, 5.41) is 0. The first-order valence-corrected chi connectivity index (χ1v) is 5.32. The molecule has 1 aliphatic rings. The molecule has 15 heavy (non-hydrogen) atoms.